The van der Waals surface area contributed by atoms with Gasteiger partial charge < -0.3 is 10.0 Å². The van der Waals surface area contributed by atoms with E-state index in [-0.39, 0.29) is 17.9 Å². The lowest BCUT2D eigenvalue weighted by atomic mass is 9.49. The Morgan fingerprint density at radius 1 is 1.09 bits per heavy atom. The van der Waals surface area contributed by atoms with E-state index in [4.69, 9.17) is 5.11 Å². The van der Waals surface area contributed by atoms with Crippen LogP contribution in [0.25, 0.3) is 0 Å². The van der Waals surface area contributed by atoms with Crippen molar-refractivity contribution in [3.63, 3.8) is 0 Å². The van der Waals surface area contributed by atoms with Crippen LogP contribution in [0, 0.1) is 23.2 Å². The number of hydrogen-bond donors (Lipinski definition) is 1. The number of carbonyl (C=O) groups is 2. The molecule has 0 heterocycles. The predicted octanol–water partition coefficient (Wildman–Crippen LogP) is 3.30. The molecule has 4 fully saturated rings. The zero-order valence-electron chi connectivity index (χ0n) is 13.9. The van der Waals surface area contributed by atoms with Crippen LogP contribution in [0.5, 0.6) is 0 Å². The SMILES string of the molecule is CC(C)N(CCCC(=O)O)C(=O)C12CC3CC(CC(C3)C1)C2. The number of carboxylic acids is 1. The fourth-order valence-corrected chi connectivity index (χ4v) is 5.67. The Hall–Kier alpha value is -1.06. The van der Waals surface area contributed by atoms with Gasteiger partial charge in [0.1, 0.15) is 0 Å². The van der Waals surface area contributed by atoms with Crippen molar-refractivity contribution in [2.45, 2.75) is 71.3 Å². The summed E-state index contributed by atoms with van der Waals surface area (Å²) >= 11 is 0. The highest BCUT2D eigenvalue weighted by atomic mass is 16.4. The topological polar surface area (TPSA) is 57.6 Å². The monoisotopic (exact) mass is 307 g/mol. The molecule has 4 rings (SSSR count). The quantitative estimate of drug-likeness (QED) is 0.819. The van der Waals surface area contributed by atoms with Gasteiger partial charge in [-0.1, -0.05) is 0 Å². The summed E-state index contributed by atoms with van der Waals surface area (Å²) in [5.41, 5.74) is -0.109. The Labute approximate surface area is 133 Å². The lowest BCUT2D eigenvalue weighted by molar-refractivity contribution is -0.159. The molecular formula is C18H29NO3. The molecule has 0 aromatic carbocycles. The van der Waals surface area contributed by atoms with Crippen LogP contribution in [0.1, 0.15) is 65.2 Å². The molecule has 0 spiro atoms. The first-order valence-electron chi connectivity index (χ1n) is 8.92. The Bertz CT molecular complexity index is 422. The zero-order chi connectivity index (χ0) is 15.9. The van der Waals surface area contributed by atoms with Gasteiger partial charge in [-0.15, -0.1) is 0 Å². The molecule has 4 nitrogen and oxygen atoms in total. The van der Waals surface area contributed by atoms with Gasteiger partial charge in [-0.25, -0.2) is 0 Å². The van der Waals surface area contributed by atoms with E-state index in [1.165, 1.54) is 19.3 Å². The molecule has 1 amide bonds. The number of rotatable bonds is 6. The third-order valence-electron chi connectivity index (χ3n) is 6.17. The Morgan fingerprint density at radius 2 is 1.59 bits per heavy atom. The molecule has 0 radical (unpaired) electrons. The second-order valence-corrected chi connectivity index (χ2v) is 8.29. The van der Waals surface area contributed by atoms with E-state index in [1.54, 1.807) is 0 Å². The molecule has 4 saturated carbocycles. The Balaban J connectivity index is 1.71. The van der Waals surface area contributed by atoms with Crippen LogP contribution >= 0.6 is 0 Å². The minimum absolute atomic E-state index is 0.109. The predicted molar refractivity (Wildman–Crippen MR) is 84.3 cm³/mol. The van der Waals surface area contributed by atoms with E-state index in [1.807, 2.05) is 4.90 Å². The molecule has 1 N–H and O–H groups in total. The highest BCUT2D eigenvalue weighted by Gasteiger charge is 2.55. The first kappa shape index (κ1) is 15.8. The van der Waals surface area contributed by atoms with E-state index in [9.17, 15) is 9.59 Å². The summed E-state index contributed by atoms with van der Waals surface area (Å²) in [6, 6.07) is 0.161. The van der Waals surface area contributed by atoms with Gasteiger partial charge in [0.15, 0.2) is 0 Å². The molecule has 0 aliphatic heterocycles. The summed E-state index contributed by atoms with van der Waals surface area (Å²) in [7, 11) is 0. The highest BCUT2D eigenvalue weighted by molar-refractivity contribution is 5.83. The van der Waals surface area contributed by atoms with Gasteiger partial charge in [-0.05, 0) is 76.5 Å². The van der Waals surface area contributed by atoms with Gasteiger partial charge in [-0.2, -0.15) is 0 Å². The lowest BCUT2D eigenvalue weighted by Crippen LogP contribution is -2.56. The van der Waals surface area contributed by atoms with Crippen molar-refractivity contribution in [2.75, 3.05) is 6.54 Å². The van der Waals surface area contributed by atoms with E-state index in [0.717, 1.165) is 37.0 Å². The van der Waals surface area contributed by atoms with Crippen molar-refractivity contribution >= 4 is 11.9 Å². The van der Waals surface area contributed by atoms with Crippen LogP contribution in [-0.2, 0) is 9.59 Å². The minimum atomic E-state index is -0.772. The fraction of sp³-hybridized carbons (Fsp3) is 0.889. The van der Waals surface area contributed by atoms with Crippen LogP contribution in [0.3, 0.4) is 0 Å². The first-order chi connectivity index (χ1) is 10.4. The van der Waals surface area contributed by atoms with E-state index < -0.39 is 5.97 Å². The highest BCUT2D eigenvalue weighted by Crippen LogP contribution is 2.60. The smallest absolute Gasteiger partial charge is 0.303 e. The second-order valence-electron chi connectivity index (χ2n) is 8.29. The summed E-state index contributed by atoms with van der Waals surface area (Å²) < 4.78 is 0. The van der Waals surface area contributed by atoms with Crippen LogP contribution in [0.2, 0.25) is 0 Å². The van der Waals surface area contributed by atoms with E-state index in [0.29, 0.717) is 18.9 Å². The average Bonchev–Trinajstić information content (AvgIpc) is 2.40. The van der Waals surface area contributed by atoms with Crippen molar-refractivity contribution in [3.05, 3.63) is 0 Å². The number of carboxylic acid groups (broad SMARTS) is 1. The summed E-state index contributed by atoms with van der Waals surface area (Å²) in [5, 5.41) is 8.83. The van der Waals surface area contributed by atoms with Gasteiger partial charge in [0.05, 0.1) is 5.41 Å². The van der Waals surface area contributed by atoms with Crippen LogP contribution in [-0.4, -0.2) is 34.5 Å². The second kappa shape index (κ2) is 5.86. The molecule has 0 saturated heterocycles. The van der Waals surface area contributed by atoms with Gasteiger partial charge >= 0.3 is 5.97 Å². The van der Waals surface area contributed by atoms with Crippen molar-refractivity contribution in [3.8, 4) is 0 Å². The maximum atomic E-state index is 13.3. The van der Waals surface area contributed by atoms with Crippen molar-refractivity contribution in [1.82, 2.24) is 4.90 Å². The van der Waals surface area contributed by atoms with E-state index >= 15 is 0 Å². The van der Waals surface area contributed by atoms with Crippen molar-refractivity contribution < 1.29 is 14.7 Å². The number of nitrogens with zero attached hydrogens (tertiary/aromatic N) is 1. The third-order valence-corrected chi connectivity index (χ3v) is 6.17. The first-order valence-corrected chi connectivity index (χ1v) is 8.92. The molecule has 4 heteroatoms. The summed E-state index contributed by atoms with van der Waals surface area (Å²) in [6.07, 6.45) is 7.98. The molecule has 0 atom stereocenters. The summed E-state index contributed by atoms with van der Waals surface area (Å²) in [6.45, 7) is 4.70. The maximum Gasteiger partial charge on any atom is 0.303 e. The fourth-order valence-electron chi connectivity index (χ4n) is 5.67. The molecule has 22 heavy (non-hydrogen) atoms. The number of aliphatic carboxylic acids is 1. The largest absolute Gasteiger partial charge is 0.481 e. The molecule has 124 valence electrons. The summed E-state index contributed by atoms with van der Waals surface area (Å²) in [5.74, 6) is 1.85. The lowest BCUT2D eigenvalue weighted by Gasteiger charge is -2.57. The molecule has 4 aliphatic carbocycles. The normalized spacial score (nSPS) is 35.9. The van der Waals surface area contributed by atoms with Gasteiger partial charge in [0, 0.05) is 19.0 Å². The molecule has 0 aromatic rings. The standard InChI is InChI=1S/C18H29NO3/c1-12(2)19(5-3-4-16(20)21)17(22)18-9-13-6-14(10-18)8-15(7-13)11-18/h12-15H,3-11H2,1-2H3,(H,20,21). The minimum Gasteiger partial charge on any atom is -0.481 e. The number of amides is 1. The van der Waals surface area contributed by atoms with Crippen LogP contribution in [0.4, 0.5) is 0 Å². The van der Waals surface area contributed by atoms with Crippen LogP contribution in [0.15, 0.2) is 0 Å². The third kappa shape index (κ3) is 2.89. The number of hydrogen-bond acceptors (Lipinski definition) is 2. The average molecular weight is 307 g/mol. The molecule has 0 aromatic heterocycles. The van der Waals surface area contributed by atoms with Gasteiger partial charge in [0.2, 0.25) is 5.91 Å². The van der Waals surface area contributed by atoms with Crippen molar-refractivity contribution in [2.24, 2.45) is 23.2 Å². The molecular weight excluding hydrogens is 278 g/mol. The Kier molecular flexibility index (Phi) is 4.21. The molecule has 0 unspecified atom stereocenters. The van der Waals surface area contributed by atoms with Gasteiger partial charge in [0.25, 0.3) is 0 Å². The molecule has 4 aliphatic rings. The number of carbonyl (C=O) groups excluding carboxylic acids is 1. The van der Waals surface area contributed by atoms with E-state index in [2.05, 4.69) is 13.8 Å². The van der Waals surface area contributed by atoms with Crippen molar-refractivity contribution in [1.29, 1.82) is 0 Å². The maximum absolute atomic E-state index is 13.3. The molecule has 4 bridgehead atoms. The Morgan fingerprint density at radius 3 is 2.00 bits per heavy atom. The zero-order valence-corrected chi connectivity index (χ0v) is 13.9. The summed E-state index contributed by atoms with van der Waals surface area (Å²) in [4.78, 5) is 26.0. The van der Waals surface area contributed by atoms with Crippen LogP contribution < -0.4 is 0 Å². The van der Waals surface area contributed by atoms with Gasteiger partial charge in [-0.3, -0.25) is 9.59 Å².